The number of tetrazole rings is 1. The highest BCUT2D eigenvalue weighted by Crippen LogP contribution is 2.33. The number of aryl methyl sites for hydroxylation is 3. The fourth-order valence-electron chi connectivity index (χ4n) is 4.58. The van der Waals surface area contributed by atoms with Crippen molar-refractivity contribution in [1.82, 2.24) is 49.1 Å². The molecule has 0 radical (unpaired) electrons. The Morgan fingerprint density at radius 3 is 2.67 bits per heavy atom. The molecule has 5 aromatic heterocycles. The first-order valence-corrected chi connectivity index (χ1v) is 12.1. The maximum atomic E-state index is 13.9. The van der Waals surface area contributed by atoms with E-state index in [4.69, 9.17) is 21.4 Å². The second kappa shape index (κ2) is 9.13. The van der Waals surface area contributed by atoms with Crippen molar-refractivity contribution in [2.75, 3.05) is 11.1 Å². The van der Waals surface area contributed by atoms with E-state index < -0.39 is 18.6 Å². The normalized spacial score (nSPS) is 13.8. The summed E-state index contributed by atoms with van der Waals surface area (Å²) < 4.78 is 27.0. The van der Waals surface area contributed by atoms with Gasteiger partial charge in [0.15, 0.2) is 0 Å². The number of nitrogens with one attached hydrogen (secondary N) is 1. The number of imidazole rings is 1. The van der Waals surface area contributed by atoms with Crippen molar-refractivity contribution < 1.29 is 4.11 Å². The Bertz CT molecular complexity index is 2050. The lowest BCUT2D eigenvalue weighted by Crippen LogP contribution is -2.21. The minimum atomic E-state index is -2.81. The van der Waals surface area contributed by atoms with Gasteiger partial charge in [-0.2, -0.15) is 4.80 Å². The molecule has 0 amide bonds. The minimum Gasteiger partial charge on any atom is -0.377 e. The maximum Gasteiger partial charge on any atom is 0.261 e. The van der Waals surface area contributed by atoms with E-state index in [0.717, 1.165) is 10.1 Å². The summed E-state index contributed by atoms with van der Waals surface area (Å²) in [5.41, 5.74) is 8.56. The van der Waals surface area contributed by atoms with Gasteiger partial charge in [-0.1, -0.05) is 17.7 Å². The Morgan fingerprint density at radius 1 is 1.15 bits per heavy atom. The molecule has 0 aliphatic heterocycles. The van der Waals surface area contributed by atoms with Crippen LogP contribution in [-0.4, -0.2) is 49.1 Å². The molecular weight excluding hydrogens is 520 g/mol. The quantitative estimate of drug-likeness (QED) is 0.308. The number of hydrogen-bond acceptors (Lipinski definition) is 10. The number of nitrogen functional groups attached to an aromatic ring is 1. The second-order valence-corrected chi connectivity index (χ2v) is 9.39. The van der Waals surface area contributed by atoms with Crippen LogP contribution in [0.3, 0.4) is 0 Å². The summed E-state index contributed by atoms with van der Waals surface area (Å²) in [6.07, 6.45) is 4.34. The summed E-state index contributed by atoms with van der Waals surface area (Å²) in [5.74, 6) is 0.322. The summed E-state index contributed by atoms with van der Waals surface area (Å²) in [5, 5.41) is 16.1. The van der Waals surface area contributed by atoms with Crippen molar-refractivity contribution in [2.24, 2.45) is 14.0 Å². The van der Waals surface area contributed by atoms with Gasteiger partial charge in [-0.25, -0.2) is 19.9 Å². The lowest BCUT2D eigenvalue weighted by Gasteiger charge is -2.21. The van der Waals surface area contributed by atoms with E-state index in [9.17, 15) is 4.79 Å². The molecule has 1 atom stereocenters. The van der Waals surface area contributed by atoms with E-state index in [1.54, 1.807) is 29.6 Å². The van der Waals surface area contributed by atoms with Crippen molar-refractivity contribution >= 4 is 39.8 Å². The zero-order valence-electron chi connectivity index (χ0n) is 24.0. The smallest absolute Gasteiger partial charge is 0.261 e. The van der Waals surface area contributed by atoms with Crippen molar-refractivity contribution in [1.29, 1.82) is 0 Å². The van der Waals surface area contributed by atoms with E-state index in [0.29, 0.717) is 28.0 Å². The third kappa shape index (κ3) is 4.12. The van der Waals surface area contributed by atoms with E-state index in [1.165, 1.54) is 23.5 Å². The molecule has 1 unspecified atom stereocenters. The molecule has 0 spiro atoms. The van der Waals surface area contributed by atoms with E-state index in [2.05, 4.69) is 40.7 Å². The van der Waals surface area contributed by atoms with Gasteiger partial charge in [0, 0.05) is 29.0 Å². The number of pyridine rings is 1. The van der Waals surface area contributed by atoms with Crippen LogP contribution in [0, 0.1) is 6.92 Å². The summed E-state index contributed by atoms with van der Waals surface area (Å²) >= 11 is 6.19. The molecule has 5 heterocycles. The molecule has 3 N–H and O–H groups in total. The predicted molar refractivity (Wildman–Crippen MR) is 147 cm³/mol. The monoisotopic (exact) mass is 545 g/mol. The van der Waals surface area contributed by atoms with Gasteiger partial charge < -0.3 is 11.1 Å². The standard InChI is InChI=1S/C25H23ClN12O/c1-12-7-15(13(2)31-17-5-6-18(26)32-20(17)22-33-35-37(4)34-22)21-16(8-12)24(39)36(3)23-19(30-11-38(21)23)14-9-28-25(27)29-10-14/h5-11,13,31H,1-4H3,(H2,27,28,29)/i3D3. The zero-order valence-corrected chi connectivity index (χ0v) is 21.7. The van der Waals surface area contributed by atoms with Gasteiger partial charge in [0.1, 0.15) is 28.5 Å². The van der Waals surface area contributed by atoms with Crippen LogP contribution in [0.5, 0.6) is 0 Å². The molecule has 13 nitrogen and oxygen atoms in total. The number of rotatable bonds is 5. The average molecular weight is 546 g/mol. The molecule has 1 aromatic carbocycles. The SMILES string of the molecule is [2H]C([2H])([2H])n1c(=O)c2cc(C)cc(C(C)Nc3ccc(Cl)nc3-c3nnn(C)n3)c2n2cnc(-c3cnc(N)nc3)c12. The topological polar surface area (TPSA) is 160 Å². The fraction of sp³-hybridized carbons (Fsp3) is 0.200. The van der Waals surface area contributed by atoms with Crippen LogP contribution >= 0.6 is 11.6 Å². The number of aromatic nitrogens is 10. The molecule has 6 aromatic rings. The third-order valence-electron chi connectivity index (χ3n) is 6.28. The van der Waals surface area contributed by atoms with E-state index >= 15 is 0 Å². The Labute approximate surface area is 230 Å². The van der Waals surface area contributed by atoms with Crippen molar-refractivity contribution in [3.63, 3.8) is 0 Å². The highest BCUT2D eigenvalue weighted by molar-refractivity contribution is 6.29. The largest absolute Gasteiger partial charge is 0.377 e. The van der Waals surface area contributed by atoms with Crippen LogP contribution in [0.15, 0.2) is 47.8 Å². The zero-order chi connectivity index (χ0) is 29.9. The molecule has 0 saturated carbocycles. The van der Waals surface area contributed by atoms with Crippen molar-refractivity contribution in [2.45, 2.75) is 19.9 Å². The molecule has 0 aliphatic rings. The molecule has 6 rings (SSSR count). The number of halogens is 1. The first-order valence-electron chi connectivity index (χ1n) is 13.2. The van der Waals surface area contributed by atoms with Gasteiger partial charge >= 0.3 is 0 Å². The number of nitrogens with zero attached hydrogens (tertiary/aromatic N) is 10. The first-order chi connectivity index (χ1) is 19.9. The van der Waals surface area contributed by atoms with Gasteiger partial charge in [-0.05, 0) is 48.4 Å². The van der Waals surface area contributed by atoms with Crippen LogP contribution in [-0.2, 0) is 14.0 Å². The van der Waals surface area contributed by atoms with Gasteiger partial charge in [-0.3, -0.25) is 13.8 Å². The number of fused-ring (bicyclic) bond motifs is 3. The number of hydrogen-bond donors (Lipinski definition) is 2. The molecular formula is C25H23ClN12O. The molecule has 14 heteroatoms. The van der Waals surface area contributed by atoms with E-state index in [1.807, 2.05) is 19.9 Å². The van der Waals surface area contributed by atoms with Crippen molar-refractivity contribution in [3.05, 3.63) is 69.6 Å². The van der Waals surface area contributed by atoms with Gasteiger partial charge in [0.2, 0.25) is 11.8 Å². The highest BCUT2D eigenvalue weighted by Gasteiger charge is 2.22. The second-order valence-electron chi connectivity index (χ2n) is 9.01. The fourth-order valence-corrected chi connectivity index (χ4v) is 4.73. The van der Waals surface area contributed by atoms with Crippen molar-refractivity contribution in [3.8, 4) is 22.8 Å². The van der Waals surface area contributed by atoms with Crippen LogP contribution in [0.25, 0.3) is 39.3 Å². The van der Waals surface area contributed by atoms with Gasteiger partial charge in [-0.15, -0.1) is 10.2 Å². The summed E-state index contributed by atoms with van der Waals surface area (Å²) in [6.45, 7) is 0.934. The van der Waals surface area contributed by atoms with Crippen LogP contribution < -0.4 is 16.6 Å². The predicted octanol–water partition coefficient (Wildman–Crippen LogP) is 2.95. The molecule has 0 fully saturated rings. The summed E-state index contributed by atoms with van der Waals surface area (Å²) in [7, 11) is 1.64. The molecule has 39 heavy (non-hydrogen) atoms. The maximum absolute atomic E-state index is 13.9. The molecule has 0 saturated heterocycles. The number of anilines is 2. The number of nitrogens with two attached hydrogens (primary N) is 1. The first kappa shape index (κ1) is 21.1. The molecule has 0 aliphatic carbocycles. The molecule has 196 valence electrons. The lowest BCUT2D eigenvalue weighted by atomic mass is 10.0. The Morgan fingerprint density at radius 2 is 1.95 bits per heavy atom. The third-order valence-corrected chi connectivity index (χ3v) is 6.49. The van der Waals surface area contributed by atoms with E-state index in [-0.39, 0.29) is 33.7 Å². The number of benzene rings is 1. The summed E-state index contributed by atoms with van der Waals surface area (Å²) in [4.78, 5) is 32.2. The summed E-state index contributed by atoms with van der Waals surface area (Å²) in [6, 6.07) is 6.55. The Hall–Kier alpha value is -4.91. The molecule has 0 bridgehead atoms. The van der Waals surface area contributed by atoms with Crippen LogP contribution in [0.1, 0.15) is 28.2 Å². The minimum absolute atomic E-state index is 0.0475. The Kier molecular flexibility index (Phi) is 4.93. The highest BCUT2D eigenvalue weighted by atomic mass is 35.5. The van der Waals surface area contributed by atoms with Gasteiger partial charge in [0.05, 0.1) is 29.7 Å². The van der Waals surface area contributed by atoms with Crippen LogP contribution in [0.4, 0.5) is 11.6 Å². The van der Waals surface area contributed by atoms with Gasteiger partial charge in [0.25, 0.3) is 5.56 Å². The Balaban J connectivity index is 1.60. The van der Waals surface area contributed by atoms with Crippen LogP contribution in [0.2, 0.25) is 5.15 Å². The average Bonchev–Trinajstić information content (AvgIpc) is 3.55. The lowest BCUT2D eigenvalue weighted by molar-refractivity contribution is 0.630.